The van der Waals surface area contributed by atoms with Crippen molar-refractivity contribution in [1.29, 1.82) is 0 Å². The lowest BCUT2D eigenvalue weighted by atomic mass is 9.76. The lowest BCUT2D eigenvalue weighted by Crippen LogP contribution is -2.70. The molecule has 0 saturated carbocycles. The Morgan fingerprint density at radius 2 is 1.71 bits per heavy atom. The predicted molar refractivity (Wildman–Crippen MR) is 131 cm³/mol. The Morgan fingerprint density at radius 1 is 0.853 bits per heavy atom. The van der Waals surface area contributed by atoms with Crippen molar-refractivity contribution in [3.63, 3.8) is 0 Å². The first-order valence-electron chi connectivity index (χ1n) is 11.8. The van der Waals surface area contributed by atoms with Gasteiger partial charge in [-0.2, -0.15) is 4.57 Å². The van der Waals surface area contributed by atoms with Crippen molar-refractivity contribution in [2.75, 3.05) is 11.9 Å². The fourth-order valence-electron chi connectivity index (χ4n) is 7.14. The average molecular weight is 442 g/mol. The molecule has 0 aliphatic carbocycles. The van der Waals surface area contributed by atoms with E-state index in [1.807, 2.05) is 0 Å². The quantitative estimate of drug-likeness (QED) is 0.308. The number of benzene rings is 3. The molecule has 0 bridgehead atoms. The lowest BCUT2D eigenvalue weighted by Gasteiger charge is -2.43. The Kier molecular flexibility index (Phi) is 2.68. The van der Waals surface area contributed by atoms with Crippen LogP contribution in [-0.2, 0) is 5.54 Å². The topological polar surface area (TPSA) is 24.5 Å². The number of allylic oxidation sites excluding steroid dienone is 1. The molecule has 2 aromatic heterocycles. The molecule has 4 aliphatic rings. The molecule has 5 heteroatoms. The number of hydrogen-bond donors (Lipinski definition) is 0. The number of likely N-dealkylation sites (N-methyl/N-ethyl adjacent to an activating group) is 1. The normalized spacial score (nSPS) is 22.5. The van der Waals surface area contributed by atoms with Crippen molar-refractivity contribution in [1.82, 2.24) is 9.47 Å². The Labute approximate surface area is 196 Å². The van der Waals surface area contributed by atoms with Crippen LogP contribution in [0.5, 0.6) is 11.5 Å². The summed E-state index contributed by atoms with van der Waals surface area (Å²) in [5.74, 6) is 3.08. The molecule has 3 aromatic carbocycles. The molecule has 5 aromatic rings. The molecule has 2 atom stereocenters. The Hall–Kier alpha value is -4.25. The number of anilines is 1. The fourth-order valence-corrected chi connectivity index (χ4v) is 7.14. The summed E-state index contributed by atoms with van der Waals surface area (Å²) >= 11 is 0. The van der Waals surface area contributed by atoms with E-state index in [-0.39, 0.29) is 6.17 Å². The third kappa shape index (κ3) is 1.56. The predicted octanol–water partition coefficient (Wildman–Crippen LogP) is 5.24. The molecule has 6 heterocycles. The first kappa shape index (κ1) is 17.3. The summed E-state index contributed by atoms with van der Waals surface area (Å²) in [5, 5.41) is 2.55. The maximum absolute atomic E-state index is 6.68. The van der Waals surface area contributed by atoms with Crippen LogP contribution in [0.1, 0.15) is 18.1 Å². The third-order valence-corrected chi connectivity index (χ3v) is 8.40. The number of hydrogen-bond acceptors (Lipinski definition) is 3. The molecule has 9 rings (SSSR count). The minimum Gasteiger partial charge on any atom is -0.456 e. The zero-order valence-electron chi connectivity index (χ0n) is 18.9. The zero-order valence-corrected chi connectivity index (χ0v) is 18.9. The van der Waals surface area contributed by atoms with Gasteiger partial charge in [0, 0.05) is 35.8 Å². The van der Waals surface area contributed by atoms with Crippen LogP contribution in [0.25, 0.3) is 27.6 Å². The van der Waals surface area contributed by atoms with Crippen molar-refractivity contribution >= 4 is 27.5 Å². The van der Waals surface area contributed by atoms with Gasteiger partial charge >= 0.3 is 0 Å². The van der Waals surface area contributed by atoms with Crippen molar-refractivity contribution in [3.05, 3.63) is 102 Å². The van der Waals surface area contributed by atoms with Crippen LogP contribution in [0, 0.1) is 0 Å². The van der Waals surface area contributed by atoms with E-state index < -0.39 is 5.54 Å². The molecule has 4 aliphatic heterocycles. The van der Waals surface area contributed by atoms with Gasteiger partial charge in [0.2, 0.25) is 5.54 Å². The molecular weight excluding hydrogens is 420 g/mol. The maximum atomic E-state index is 6.68. The summed E-state index contributed by atoms with van der Waals surface area (Å²) in [6.07, 6.45) is 4.63. The summed E-state index contributed by atoms with van der Waals surface area (Å²) in [7, 11) is 2.22. The van der Waals surface area contributed by atoms with Gasteiger partial charge in [-0.1, -0.05) is 24.3 Å². The van der Waals surface area contributed by atoms with Crippen molar-refractivity contribution in [2.45, 2.75) is 18.6 Å². The van der Waals surface area contributed by atoms with Crippen LogP contribution in [0.4, 0.5) is 5.69 Å². The van der Waals surface area contributed by atoms with Crippen LogP contribution in [-0.4, -0.2) is 22.7 Å². The fraction of sp³-hybridized carbons (Fsp3) is 0.138. The summed E-state index contributed by atoms with van der Waals surface area (Å²) in [5.41, 5.74) is 7.04. The smallest absolute Gasteiger partial charge is 0.288 e. The first-order valence-corrected chi connectivity index (χ1v) is 11.8. The van der Waals surface area contributed by atoms with Crippen LogP contribution in [0.3, 0.4) is 0 Å². The highest BCUT2D eigenvalue weighted by atomic mass is 16.5. The molecule has 0 saturated heterocycles. The molecule has 2 unspecified atom stereocenters. The van der Waals surface area contributed by atoms with E-state index >= 15 is 0 Å². The van der Waals surface area contributed by atoms with Crippen molar-refractivity contribution < 1.29 is 9.30 Å². The summed E-state index contributed by atoms with van der Waals surface area (Å²) in [6, 6.07) is 26.2. The van der Waals surface area contributed by atoms with Gasteiger partial charge in [0.25, 0.3) is 5.82 Å². The molecule has 0 radical (unpaired) electrons. The van der Waals surface area contributed by atoms with Gasteiger partial charge in [-0.05, 0) is 49.4 Å². The Morgan fingerprint density at radius 3 is 2.65 bits per heavy atom. The number of fused-ring (bicyclic) bond motifs is 7. The van der Waals surface area contributed by atoms with Gasteiger partial charge in [-0.15, -0.1) is 0 Å². The van der Waals surface area contributed by atoms with Crippen molar-refractivity contribution in [3.8, 4) is 17.3 Å². The number of ether oxygens (including phenoxy) is 1. The highest BCUT2D eigenvalue weighted by Gasteiger charge is 2.67. The Bertz CT molecular complexity index is 1800. The molecule has 1 spiro atoms. The molecular formula is C29H21N4O+. The zero-order chi connectivity index (χ0) is 22.3. The monoisotopic (exact) mass is 441 g/mol. The molecule has 34 heavy (non-hydrogen) atoms. The molecule has 0 N–H and O–H groups in total. The van der Waals surface area contributed by atoms with Crippen LogP contribution in [0.2, 0.25) is 0 Å². The van der Waals surface area contributed by atoms with Gasteiger partial charge in [-0.3, -0.25) is 0 Å². The second-order valence-corrected chi connectivity index (χ2v) is 9.80. The van der Waals surface area contributed by atoms with Crippen LogP contribution in [0.15, 0.2) is 90.9 Å². The van der Waals surface area contributed by atoms with E-state index in [1.165, 1.54) is 50.1 Å². The van der Waals surface area contributed by atoms with E-state index in [4.69, 9.17) is 4.74 Å². The Balaban J connectivity index is 1.59. The summed E-state index contributed by atoms with van der Waals surface area (Å²) in [6.45, 7) is 2.20. The van der Waals surface area contributed by atoms with Gasteiger partial charge < -0.3 is 14.5 Å². The van der Waals surface area contributed by atoms with Crippen molar-refractivity contribution in [2.24, 2.45) is 0 Å². The van der Waals surface area contributed by atoms with E-state index in [0.717, 1.165) is 11.5 Å². The van der Waals surface area contributed by atoms with Gasteiger partial charge in [-0.25, -0.2) is 4.57 Å². The van der Waals surface area contributed by atoms with E-state index in [0.29, 0.717) is 0 Å². The minimum atomic E-state index is -0.441. The maximum Gasteiger partial charge on any atom is 0.288 e. The summed E-state index contributed by atoms with van der Waals surface area (Å²) in [4.78, 5) is 4.88. The van der Waals surface area contributed by atoms with E-state index in [9.17, 15) is 0 Å². The molecule has 5 nitrogen and oxygen atoms in total. The number of para-hydroxylation sites is 1. The standard InChI is InChI=1S/C29H21N4O/c1-17-16-31-21-10-7-11-22-25(21)29(28(31)30(17)2)26-23(34-22)14-13-19-18-8-3-4-9-20(18)33(27(19)26)24-12-5-6-15-32(24)29/h3-16,28H,1-2H3/q+1. The summed E-state index contributed by atoms with van der Waals surface area (Å²) < 4.78 is 11.6. The molecule has 0 fully saturated rings. The van der Waals surface area contributed by atoms with Gasteiger partial charge in [0.15, 0.2) is 11.7 Å². The van der Waals surface area contributed by atoms with Gasteiger partial charge in [0.05, 0.1) is 23.0 Å². The second kappa shape index (κ2) is 5.28. The van der Waals surface area contributed by atoms with Gasteiger partial charge in [0.1, 0.15) is 17.0 Å². The minimum absolute atomic E-state index is 0.0785. The van der Waals surface area contributed by atoms with Crippen LogP contribution >= 0.6 is 0 Å². The molecule has 162 valence electrons. The largest absolute Gasteiger partial charge is 0.456 e. The number of nitrogens with zero attached hydrogens (tertiary/aromatic N) is 4. The number of rotatable bonds is 0. The number of pyridine rings is 1. The first-order chi connectivity index (χ1) is 16.7. The average Bonchev–Trinajstić information content (AvgIpc) is 3.47. The highest BCUT2D eigenvalue weighted by Crippen LogP contribution is 2.62. The lowest BCUT2D eigenvalue weighted by molar-refractivity contribution is -0.743. The third-order valence-electron chi connectivity index (χ3n) is 8.40. The van der Waals surface area contributed by atoms with Crippen LogP contribution < -0.4 is 14.2 Å². The number of aromatic nitrogens is 2. The highest BCUT2D eigenvalue weighted by molar-refractivity contribution is 6.11. The second-order valence-electron chi connectivity index (χ2n) is 9.80. The van der Waals surface area contributed by atoms with E-state index in [1.54, 1.807) is 0 Å². The SMILES string of the molecule is CC1=CN2c3cccc4c3C3(c5c(ccc6c7ccccc7n(c56)-c5cccc[n+]53)O4)C2N1C. The molecule has 0 amide bonds. The van der Waals surface area contributed by atoms with E-state index in [2.05, 4.69) is 118 Å².